The third kappa shape index (κ3) is 3.83. The Kier molecular flexibility index (Phi) is 1.94. The average molecular weight is 266 g/mol. The van der Waals surface area contributed by atoms with E-state index in [-0.39, 0.29) is 18.5 Å². The van der Waals surface area contributed by atoms with Crippen LogP contribution in [0.5, 0.6) is 5.75 Å². The second-order valence-corrected chi connectivity index (χ2v) is 3.77. The Morgan fingerprint density at radius 1 is 1.32 bits per heavy atom. The minimum atomic E-state index is -2.93. The number of nitrogens with one attached hydrogen (secondary N) is 1. The lowest BCUT2D eigenvalue weighted by molar-refractivity contribution is 0.193. The molecule has 0 bridgehead atoms. The van der Waals surface area contributed by atoms with Gasteiger partial charge in [0.05, 0.1) is 6.85 Å². The van der Waals surface area contributed by atoms with E-state index in [4.69, 9.17) is 19.8 Å². The first-order valence-corrected chi connectivity index (χ1v) is 5.78. The third-order valence-corrected chi connectivity index (χ3v) is 2.45. The van der Waals surface area contributed by atoms with Crippen LogP contribution in [0.3, 0.4) is 0 Å². The van der Waals surface area contributed by atoms with E-state index in [1.807, 2.05) is 0 Å². The molecule has 0 aromatic heterocycles. The highest BCUT2D eigenvalue weighted by Crippen LogP contribution is 2.26. The van der Waals surface area contributed by atoms with Gasteiger partial charge in [0, 0.05) is 14.6 Å². The zero-order valence-electron chi connectivity index (χ0n) is 21.2. The van der Waals surface area contributed by atoms with E-state index in [0.717, 1.165) is 0 Å². The van der Waals surface area contributed by atoms with Crippen LogP contribution < -0.4 is 10.1 Å². The predicted octanol–water partition coefficient (Wildman–Crippen LogP) is 3.72. The number of hydrogen-bond acceptors (Lipinski definition) is 2. The molecule has 0 amide bonds. The van der Waals surface area contributed by atoms with Gasteiger partial charge in [-0.25, -0.2) is 0 Å². The molecular weight excluding hydrogens is 234 g/mol. The maximum absolute atomic E-state index is 8.82. The summed E-state index contributed by atoms with van der Waals surface area (Å²) in [5.41, 5.74) is -0.467. The first kappa shape index (κ1) is 5.29. The molecule has 100 valence electrons. The summed E-state index contributed by atoms with van der Waals surface area (Å²) in [5, 5.41) is 2.26. The molecule has 2 rings (SSSR count). The molecule has 2 heteroatoms. The van der Waals surface area contributed by atoms with E-state index in [1.165, 1.54) is 12.1 Å². The first-order chi connectivity index (χ1) is 13.7. The van der Waals surface area contributed by atoms with E-state index in [2.05, 4.69) is 5.32 Å². The maximum atomic E-state index is 8.82. The van der Waals surface area contributed by atoms with Crippen LogP contribution in [-0.4, -0.2) is 13.5 Å². The number of ether oxygens (including phenoxy) is 1. The summed E-state index contributed by atoms with van der Waals surface area (Å²) in [5.74, 6) is -0.659. The van der Waals surface area contributed by atoms with Crippen molar-refractivity contribution in [3.8, 4) is 5.75 Å². The van der Waals surface area contributed by atoms with Gasteiger partial charge in [-0.05, 0) is 37.5 Å². The van der Waals surface area contributed by atoms with Crippen LogP contribution in [-0.2, 0) is 0 Å². The van der Waals surface area contributed by atoms with Crippen molar-refractivity contribution in [3.05, 3.63) is 65.6 Å². The smallest absolute Gasteiger partial charge is 0.125 e. The highest BCUT2D eigenvalue weighted by atomic mass is 16.5. The first-order valence-electron chi connectivity index (χ1n) is 11.3. The maximum Gasteiger partial charge on any atom is 0.125 e. The summed E-state index contributed by atoms with van der Waals surface area (Å²) in [7, 11) is 0. The Balaban J connectivity index is 2.60. The minimum absolute atomic E-state index is 0.191. The van der Waals surface area contributed by atoms with E-state index >= 15 is 0 Å². The molecule has 0 saturated heterocycles. The molecule has 0 radical (unpaired) electrons. The van der Waals surface area contributed by atoms with Crippen molar-refractivity contribution in [2.45, 2.75) is 19.4 Å². The molecule has 2 aromatic carbocycles. The lowest BCUT2D eigenvalue weighted by atomic mass is 10.1. The van der Waals surface area contributed by atoms with E-state index in [0.29, 0.717) is 0 Å². The van der Waals surface area contributed by atoms with Crippen LogP contribution >= 0.6 is 0 Å². The Morgan fingerprint density at radius 2 is 2.16 bits per heavy atom. The Hall–Kier alpha value is -1.80. The second-order valence-electron chi connectivity index (χ2n) is 3.77. The quantitative estimate of drug-likeness (QED) is 0.860. The highest BCUT2D eigenvalue weighted by molar-refractivity contribution is 5.33. The molecule has 1 unspecified atom stereocenters. The molecule has 0 spiro atoms. The molecule has 0 saturated carbocycles. The predicted molar refractivity (Wildman–Crippen MR) is 79.5 cm³/mol. The van der Waals surface area contributed by atoms with Crippen molar-refractivity contribution in [1.82, 2.24) is 5.32 Å². The zero-order chi connectivity index (χ0) is 22.9. The van der Waals surface area contributed by atoms with Crippen molar-refractivity contribution in [2.75, 3.05) is 13.5 Å². The molecule has 0 aliphatic rings. The van der Waals surface area contributed by atoms with Crippen LogP contribution in [0.1, 0.15) is 38.7 Å². The molecule has 2 nitrogen and oxygen atoms in total. The fourth-order valence-electron chi connectivity index (χ4n) is 1.56. The van der Waals surface area contributed by atoms with Crippen molar-refractivity contribution in [3.63, 3.8) is 0 Å². The van der Waals surface area contributed by atoms with E-state index in [1.54, 1.807) is 18.2 Å². The molecule has 0 heterocycles. The standard InChI is InChI=1S/C17H21NO/c1-14-8-6-7-11-16(14)19-17(12-13-18-2)15-9-4-3-5-10-15/h3-11,17-18H,12-13H2,1-2H3/i1D3,2D3,6D,7D,8D,11D,17D. The molecule has 0 aliphatic heterocycles. The number of benzene rings is 2. The Morgan fingerprint density at radius 3 is 2.95 bits per heavy atom. The molecular formula is C17H21NO. The van der Waals surface area contributed by atoms with Crippen LogP contribution in [0, 0.1) is 6.85 Å². The van der Waals surface area contributed by atoms with E-state index in [9.17, 15) is 0 Å². The summed E-state index contributed by atoms with van der Waals surface area (Å²) in [6, 6.07) is 5.06. The minimum Gasteiger partial charge on any atom is -0.485 e. The van der Waals surface area contributed by atoms with Crippen molar-refractivity contribution < 1.29 is 19.8 Å². The van der Waals surface area contributed by atoms with Crippen molar-refractivity contribution in [2.24, 2.45) is 0 Å². The van der Waals surface area contributed by atoms with Gasteiger partial charge in [-0.1, -0.05) is 48.5 Å². The normalized spacial score (nSPS) is 23.5. The van der Waals surface area contributed by atoms with Gasteiger partial charge in [0.25, 0.3) is 0 Å². The van der Waals surface area contributed by atoms with Crippen LogP contribution in [0.2, 0.25) is 0 Å². The lowest BCUT2D eigenvalue weighted by Gasteiger charge is -2.20. The summed E-state index contributed by atoms with van der Waals surface area (Å²) >= 11 is 0. The summed E-state index contributed by atoms with van der Waals surface area (Å²) in [6.45, 7) is -5.58. The molecule has 1 N–H and O–H groups in total. The SMILES string of the molecule is [2H]c1c([2H])c([2H])c(C([2H])([2H])[2H])c(OC([2H])(CCNC([2H])([2H])[2H])c2ccccc2)c1[2H]. The molecule has 1 atom stereocenters. The van der Waals surface area contributed by atoms with Crippen LogP contribution in [0.25, 0.3) is 0 Å². The second kappa shape index (κ2) is 6.95. The Bertz CT molecular complexity index is 896. The molecule has 19 heavy (non-hydrogen) atoms. The number of para-hydroxylation sites is 1. The van der Waals surface area contributed by atoms with E-state index < -0.39 is 55.4 Å². The average Bonchev–Trinajstić information content (AvgIpc) is 2.63. The fraction of sp³-hybridized carbons (Fsp3) is 0.294. The van der Waals surface area contributed by atoms with Gasteiger partial charge in [-0.15, -0.1) is 0 Å². The zero-order valence-corrected chi connectivity index (χ0v) is 10.2. The van der Waals surface area contributed by atoms with Gasteiger partial charge in [0.2, 0.25) is 0 Å². The summed E-state index contributed by atoms with van der Waals surface area (Å²) < 4.78 is 91.1. The monoisotopic (exact) mass is 266 g/mol. The topological polar surface area (TPSA) is 21.3 Å². The summed E-state index contributed by atoms with van der Waals surface area (Å²) in [4.78, 5) is 0. The lowest BCUT2D eigenvalue weighted by Crippen LogP contribution is -2.16. The van der Waals surface area contributed by atoms with Gasteiger partial charge >= 0.3 is 0 Å². The van der Waals surface area contributed by atoms with Gasteiger partial charge in [0.1, 0.15) is 11.8 Å². The van der Waals surface area contributed by atoms with Crippen LogP contribution in [0.4, 0.5) is 0 Å². The number of hydrogen-bond donors (Lipinski definition) is 1. The third-order valence-electron chi connectivity index (χ3n) is 2.45. The van der Waals surface area contributed by atoms with Gasteiger partial charge in [0.15, 0.2) is 0 Å². The van der Waals surface area contributed by atoms with Crippen molar-refractivity contribution >= 4 is 0 Å². The van der Waals surface area contributed by atoms with Gasteiger partial charge in [-0.3, -0.25) is 0 Å². The van der Waals surface area contributed by atoms with Crippen LogP contribution in [0.15, 0.2) is 54.5 Å². The van der Waals surface area contributed by atoms with Gasteiger partial charge in [-0.2, -0.15) is 0 Å². The molecule has 0 fully saturated rings. The molecule has 0 aliphatic carbocycles. The fourth-order valence-corrected chi connectivity index (χ4v) is 1.56. The molecule has 2 aromatic rings. The Labute approximate surface area is 130 Å². The number of rotatable bonds is 6. The van der Waals surface area contributed by atoms with Gasteiger partial charge < -0.3 is 10.1 Å². The summed E-state index contributed by atoms with van der Waals surface area (Å²) in [6.07, 6.45) is -2.25. The highest BCUT2D eigenvalue weighted by Gasteiger charge is 2.13. The van der Waals surface area contributed by atoms with Crippen molar-refractivity contribution in [1.29, 1.82) is 0 Å². The largest absolute Gasteiger partial charge is 0.485 e.